The summed E-state index contributed by atoms with van der Waals surface area (Å²) in [4.78, 5) is 4.19. The second kappa shape index (κ2) is 2.81. The van der Waals surface area contributed by atoms with Crippen molar-refractivity contribution >= 4 is 15.9 Å². The van der Waals surface area contributed by atoms with Gasteiger partial charge in [0.05, 0.1) is 5.92 Å². The predicted molar refractivity (Wildman–Crippen MR) is 45.3 cm³/mol. The highest BCUT2D eigenvalue weighted by Crippen LogP contribution is 2.28. The minimum Gasteiger partial charge on any atom is -0.447 e. The first-order chi connectivity index (χ1) is 5.36. The molecule has 2 nitrogen and oxygen atoms in total. The van der Waals surface area contributed by atoms with Crippen LogP contribution in [0.3, 0.4) is 0 Å². The molecule has 58 valence electrons. The van der Waals surface area contributed by atoms with Crippen LogP contribution in [0.2, 0.25) is 0 Å². The summed E-state index contributed by atoms with van der Waals surface area (Å²) in [5.74, 6) is 1.23. The molecule has 0 aromatic carbocycles. The smallest absolute Gasteiger partial charge is 0.202 e. The van der Waals surface area contributed by atoms with Gasteiger partial charge in [-0.25, -0.2) is 4.98 Å². The Morgan fingerprint density at radius 1 is 1.64 bits per heavy atom. The Bertz CT molecular complexity index is 279. The molecule has 0 saturated heterocycles. The second-order valence-corrected chi connectivity index (χ2v) is 3.43. The summed E-state index contributed by atoms with van der Waals surface area (Å²) in [5, 5.41) is 0. The maximum Gasteiger partial charge on any atom is 0.202 e. The van der Waals surface area contributed by atoms with Crippen LogP contribution in [-0.2, 0) is 0 Å². The van der Waals surface area contributed by atoms with Crippen molar-refractivity contribution in [1.82, 2.24) is 4.98 Å². The van der Waals surface area contributed by atoms with Crippen LogP contribution in [0.5, 0.6) is 0 Å². The minimum absolute atomic E-state index is 0.404. The van der Waals surface area contributed by atoms with E-state index in [2.05, 4.69) is 33.1 Å². The van der Waals surface area contributed by atoms with E-state index in [1.807, 2.05) is 0 Å². The number of hydrogen-bond acceptors (Lipinski definition) is 2. The monoisotopic (exact) mass is 213 g/mol. The number of allylic oxidation sites excluding steroid dienone is 2. The van der Waals surface area contributed by atoms with E-state index >= 15 is 0 Å². The molecule has 0 N–H and O–H groups in total. The fourth-order valence-electron chi connectivity index (χ4n) is 1.28. The summed E-state index contributed by atoms with van der Waals surface area (Å²) in [5.41, 5.74) is 0. The van der Waals surface area contributed by atoms with Crippen LogP contribution in [0, 0.1) is 0 Å². The van der Waals surface area contributed by atoms with Crippen LogP contribution in [0.4, 0.5) is 0 Å². The van der Waals surface area contributed by atoms with E-state index in [1.54, 1.807) is 6.26 Å². The Morgan fingerprint density at radius 2 is 2.55 bits per heavy atom. The molecule has 0 fully saturated rings. The van der Waals surface area contributed by atoms with Crippen molar-refractivity contribution in [1.29, 1.82) is 0 Å². The summed E-state index contributed by atoms with van der Waals surface area (Å²) in [7, 11) is 0. The lowest BCUT2D eigenvalue weighted by Gasteiger charge is -1.98. The van der Waals surface area contributed by atoms with Crippen LogP contribution in [0.25, 0.3) is 0 Å². The van der Waals surface area contributed by atoms with Crippen molar-refractivity contribution in [2.45, 2.75) is 18.8 Å². The molecule has 1 aromatic rings. The molecular weight excluding hydrogens is 206 g/mol. The molecule has 0 radical (unpaired) electrons. The highest BCUT2D eigenvalue weighted by atomic mass is 79.9. The first kappa shape index (κ1) is 7.10. The van der Waals surface area contributed by atoms with Gasteiger partial charge in [-0.2, -0.15) is 0 Å². The van der Waals surface area contributed by atoms with Gasteiger partial charge in [0.2, 0.25) is 5.89 Å². The maximum atomic E-state index is 5.24. The van der Waals surface area contributed by atoms with E-state index in [4.69, 9.17) is 4.42 Å². The molecule has 11 heavy (non-hydrogen) atoms. The zero-order chi connectivity index (χ0) is 7.68. The van der Waals surface area contributed by atoms with Gasteiger partial charge < -0.3 is 4.42 Å². The van der Waals surface area contributed by atoms with Gasteiger partial charge in [-0.3, -0.25) is 0 Å². The molecule has 0 bridgehead atoms. The van der Waals surface area contributed by atoms with Gasteiger partial charge in [0.15, 0.2) is 0 Å². The molecule has 0 spiro atoms. The third kappa shape index (κ3) is 1.38. The lowest BCUT2D eigenvalue weighted by molar-refractivity contribution is 0.471. The van der Waals surface area contributed by atoms with E-state index in [1.165, 1.54) is 0 Å². The van der Waals surface area contributed by atoms with Crippen LogP contribution in [0.15, 0.2) is 27.4 Å². The van der Waals surface area contributed by atoms with Crippen molar-refractivity contribution in [3.63, 3.8) is 0 Å². The fraction of sp³-hybridized carbons (Fsp3) is 0.375. The number of nitrogens with zero attached hydrogens (tertiary/aromatic N) is 1. The molecule has 0 aliphatic heterocycles. The number of rotatable bonds is 1. The topological polar surface area (TPSA) is 26.0 Å². The van der Waals surface area contributed by atoms with E-state index in [0.717, 1.165) is 23.3 Å². The molecule has 0 amide bonds. The average Bonchev–Trinajstić information content (AvgIpc) is 2.55. The zero-order valence-electron chi connectivity index (χ0n) is 5.96. The first-order valence-electron chi connectivity index (χ1n) is 3.64. The number of halogens is 1. The van der Waals surface area contributed by atoms with Crippen LogP contribution >= 0.6 is 15.9 Å². The van der Waals surface area contributed by atoms with Crippen molar-refractivity contribution < 1.29 is 4.42 Å². The van der Waals surface area contributed by atoms with Crippen LogP contribution in [0.1, 0.15) is 24.7 Å². The van der Waals surface area contributed by atoms with Crippen LogP contribution < -0.4 is 0 Å². The lowest BCUT2D eigenvalue weighted by Crippen LogP contribution is -1.89. The van der Waals surface area contributed by atoms with Gasteiger partial charge in [-0.1, -0.05) is 12.2 Å². The normalized spacial score (nSPS) is 22.8. The summed E-state index contributed by atoms with van der Waals surface area (Å²) < 4.78 is 6.02. The molecule has 3 heteroatoms. The molecule has 1 aromatic heterocycles. The number of hydrogen-bond donors (Lipinski definition) is 0. The van der Waals surface area contributed by atoms with Gasteiger partial charge in [-0.05, 0) is 28.8 Å². The highest BCUT2D eigenvalue weighted by molar-refractivity contribution is 9.10. The average molecular weight is 214 g/mol. The third-order valence-corrected chi connectivity index (χ3v) is 2.19. The highest BCUT2D eigenvalue weighted by Gasteiger charge is 2.16. The third-order valence-electron chi connectivity index (χ3n) is 1.82. The van der Waals surface area contributed by atoms with E-state index in [0.29, 0.717) is 5.92 Å². The SMILES string of the molecule is Brc1coc(C2C=CCC2)n1. The standard InChI is InChI=1S/C8H8BrNO/c9-7-5-11-8(10-7)6-3-1-2-4-6/h1,3,5-6H,2,4H2. The molecule has 1 unspecified atom stereocenters. The zero-order valence-corrected chi connectivity index (χ0v) is 7.54. The second-order valence-electron chi connectivity index (χ2n) is 2.62. The predicted octanol–water partition coefficient (Wildman–Crippen LogP) is 2.87. The number of oxazole rings is 1. The Kier molecular flexibility index (Phi) is 1.82. The van der Waals surface area contributed by atoms with Gasteiger partial charge in [-0.15, -0.1) is 0 Å². The van der Waals surface area contributed by atoms with Gasteiger partial charge >= 0.3 is 0 Å². The molecule has 0 saturated carbocycles. The van der Waals surface area contributed by atoms with Gasteiger partial charge in [0.25, 0.3) is 0 Å². The van der Waals surface area contributed by atoms with Gasteiger partial charge in [0.1, 0.15) is 10.9 Å². The molecule has 1 heterocycles. The van der Waals surface area contributed by atoms with E-state index < -0.39 is 0 Å². The lowest BCUT2D eigenvalue weighted by atomic mass is 10.1. The van der Waals surface area contributed by atoms with Crippen LogP contribution in [-0.4, -0.2) is 4.98 Å². The van der Waals surface area contributed by atoms with Gasteiger partial charge in [0, 0.05) is 0 Å². The Morgan fingerprint density at radius 3 is 3.09 bits per heavy atom. The molecule has 1 aliphatic carbocycles. The minimum atomic E-state index is 0.404. The molecule has 2 rings (SSSR count). The Labute approximate surface area is 73.4 Å². The first-order valence-corrected chi connectivity index (χ1v) is 4.43. The van der Waals surface area contributed by atoms with E-state index in [9.17, 15) is 0 Å². The quantitative estimate of drug-likeness (QED) is 0.671. The van der Waals surface area contributed by atoms with Crippen molar-refractivity contribution in [2.75, 3.05) is 0 Å². The summed E-state index contributed by atoms with van der Waals surface area (Å²) in [6.07, 6.45) is 8.22. The fourth-order valence-corrected chi connectivity index (χ4v) is 1.54. The van der Waals surface area contributed by atoms with Crippen molar-refractivity contribution in [2.24, 2.45) is 0 Å². The summed E-state index contributed by atoms with van der Waals surface area (Å²) in [6.45, 7) is 0. The largest absolute Gasteiger partial charge is 0.447 e. The number of aromatic nitrogens is 1. The molecule has 1 atom stereocenters. The Hall–Kier alpha value is -0.570. The maximum absolute atomic E-state index is 5.24. The van der Waals surface area contributed by atoms with E-state index in [-0.39, 0.29) is 0 Å². The molecular formula is C8H8BrNO. The summed E-state index contributed by atoms with van der Waals surface area (Å²) in [6, 6.07) is 0. The van der Waals surface area contributed by atoms with Crippen molar-refractivity contribution in [3.05, 3.63) is 28.9 Å². The molecule has 1 aliphatic rings. The van der Waals surface area contributed by atoms with Crippen molar-refractivity contribution in [3.8, 4) is 0 Å². The Balaban J connectivity index is 2.22. The summed E-state index contributed by atoms with van der Waals surface area (Å²) >= 11 is 3.25.